The van der Waals surface area contributed by atoms with Crippen molar-refractivity contribution in [3.8, 4) is 0 Å². The summed E-state index contributed by atoms with van der Waals surface area (Å²) in [5, 5.41) is 3.52. The molecular weight excluding hydrogens is 391 g/mol. The Morgan fingerprint density at radius 1 is 1.14 bits per heavy atom. The number of likely N-dealkylation sites (tertiary alicyclic amines) is 1. The minimum Gasteiger partial charge on any atom is -0.379 e. The highest BCUT2D eigenvalue weighted by Gasteiger charge is 2.18. The van der Waals surface area contributed by atoms with E-state index in [1.54, 1.807) is 0 Å². The fraction of sp³-hybridized carbons (Fsp3) is 0.938. The fourth-order valence-corrected chi connectivity index (χ4v) is 3.04. The van der Waals surface area contributed by atoms with E-state index >= 15 is 0 Å². The Labute approximate surface area is 152 Å². The first-order valence-electron chi connectivity index (χ1n) is 8.55. The van der Waals surface area contributed by atoms with Crippen LogP contribution in [0.4, 0.5) is 0 Å². The first-order valence-corrected chi connectivity index (χ1v) is 8.55. The van der Waals surface area contributed by atoms with Gasteiger partial charge >= 0.3 is 0 Å². The van der Waals surface area contributed by atoms with Crippen molar-refractivity contribution in [3.63, 3.8) is 0 Å². The molecule has 1 N–H and O–H groups in total. The van der Waals surface area contributed by atoms with Gasteiger partial charge in [-0.1, -0.05) is 6.92 Å². The van der Waals surface area contributed by atoms with Crippen LogP contribution in [0.15, 0.2) is 4.99 Å². The number of piperidine rings is 1. The second-order valence-corrected chi connectivity index (χ2v) is 6.30. The van der Waals surface area contributed by atoms with Gasteiger partial charge in [0.1, 0.15) is 0 Å². The number of hydrogen-bond donors (Lipinski definition) is 1. The van der Waals surface area contributed by atoms with E-state index in [2.05, 4.69) is 27.0 Å². The highest BCUT2D eigenvalue weighted by Crippen LogP contribution is 2.15. The van der Waals surface area contributed by atoms with Crippen LogP contribution in [0.5, 0.6) is 0 Å². The lowest BCUT2D eigenvalue weighted by atomic mass is 10.00. The molecule has 0 unspecified atom stereocenters. The summed E-state index contributed by atoms with van der Waals surface area (Å²) in [6.45, 7) is 10.9. The molecule has 0 aromatic carbocycles. The van der Waals surface area contributed by atoms with E-state index in [0.717, 1.165) is 57.8 Å². The molecule has 2 fully saturated rings. The topological polar surface area (TPSA) is 40.1 Å². The molecule has 0 amide bonds. The number of unbranched alkanes of at least 4 members (excludes halogenated alkanes) is 1. The number of morpholine rings is 1. The molecule has 2 heterocycles. The molecule has 2 rings (SSSR count). The molecule has 0 saturated carbocycles. The number of guanidine groups is 1. The average molecular weight is 424 g/mol. The van der Waals surface area contributed by atoms with Crippen molar-refractivity contribution in [1.29, 1.82) is 0 Å². The molecule has 6 heteroatoms. The van der Waals surface area contributed by atoms with E-state index in [4.69, 9.17) is 4.74 Å². The van der Waals surface area contributed by atoms with Crippen LogP contribution >= 0.6 is 24.0 Å². The molecule has 0 bridgehead atoms. The normalized spacial score (nSPS) is 21.5. The van der Waals surface area contributed by atoms with E-state index in [-0.39, 0.29) is 24.0 Å². The fourth-order valence-electron chi connectivity index (χ4n) is 3.04. The van der Waals surface area contributed by atoms with Crippen molar-refractivity contribution in [2.24, 2.45) is 10.9 Å². The third-order valence-electron chi connectivity index (χ3n) is 4.58. The largest absolute Gasteiger partial charge is 0.379 e. The Hall–Kier alpha value is -0.0800. The monoisotopic (exact) mass is 424 g/mol. The number of halogens is 1. The van der Waals surface area contributed by atoms with E-state index in [1.165, 1.54) is 32.2 Å². The highest BCUT2D eigenvalue weighted by atomic mass is 127. The lowest BCUT2D eigenvalue weighted by Gasteiger charge is -2.33. The zero-order valence-electron chi connectivity index (χ0n) is 14.2. The summed E-state index contributed by atoms with van der Waals surface area (Å²) in [5.41, 5.74) is 0. The van der Waals surface area contributed by atoms with Crippen LogP contribution in [0.1, 0.15) is 32.6 Å². The van der Waals surface area contributed by atoms with Crippen molar-refractivity contribution in [2.45, 2.75) is 32.6 Å². The average Bonchev–Trinajstić information content (AvgIpc) is 2.53. The van der Waals surface area contributed by atoms with Crippen molar-refractivity contribution in [2.75, 3.05) is 59.5 Å². The number of aliphatic imine (C=N–C) groups is 1. The molecule has 2 aliphatic rings. The summed E-state index contributed by atoms with van der Waals surface area (Å²) >= 11 is 0. The Balaban J connectivity index is 0.00000242. The van der Waals surface area contributed by atoms with Crippen LogP contribution in [-0.4, -0.2) is 75.3 Å². The van der Waals surface area contributed by atoms with Gasteiger partial charge in [0, 0.05) is 39.8 Å². The Morgan fingerprint density at radius 2 is 1.82 bits per heavy atom. The van der Waals surface area contributed by atoms with Gasteiger partial charge < -0.3 is 15.0 Å². The van der Waals surface area contributed by atoms with Gasteiger partial charge in [0.25, 0.3) is 0 Å². The van der Waals surface area contributed by atoms with Gasteiger partial charge in [-0.2, -0.15) is 0 Å². The van der Waals surface area contributed by atoms with Gasteiger partial charge in [-0.25, -0.2) is 0 Å². The predicted octanol–water partition coefficient (Wildman–Crippen LogP) is 2.02. The second kappa shape index (κ2) is 11.5. The number of nitrogens with one attached hydrogen (secondary N) is 1. The maximum Gasteiger partial charge on any atom is 0.193 e. The Morgan fingerprint density at radius 3 is 2.45 bits per heavy atom. The minimum absolute atomic E-state index is 0. The lowest BCUT2D eigenvalue weighted by Crippen LogP contribution is -2.45. The van der Waals surface area contributed by atoms with Crippen molar-refractivity contribution < 1.29 is 4.74 Å². The maximum atomic E-state index is 5.37. The number of nitrogens with zero attached hydrogens (tertiary/aromatic N) is 3. The number of hydrogen-bond acceptors (Lipinski definition) is 3. The quantitative estimate of drug-likeness (QED) is 0.317. The zero-order chi connectivity index (χ0) is 14.9. The smallest absolute Gasteiger partial charge is 0.193 e. The Kier molecular flexibility index (Phi) is 10.4. The summed E-state index contributed by atoms with van der Waals surface area (Å²) in [7, 11) is 1.90. The molecule has 5 nitrogen and oxygen atoms in total. The van der Waals surface area contributed by atoms with Gasteiger partial charge in [-0.15, -0.1) is 24.0 Å². The van der Waals surface area contributed by atoms with E-state index in [0.29, 0.717) is 0 Å². The van der Waals surface area contributed by atoms with Crippen molar-refractivity contribution >= 4 is 29.9 Å². The molecule has 0 aliphatic carbocycles. The maximum absolute atomic E-state index is 5.37. The predicted molar refractivity (Wildman–Crippen MR) is 103 cm³/mol. The highest BCUT2D eigenvalue weighted by molar-refractivity contribution is 14.0. The molecule has 0 aromatic rings. The molecule has 0 radical (unpaired) electrons. The zero-order valence-corrected chi connectivity index (χ0v) is 16.6. The summed E-state index contributed by atoms with van der Waals surface area (Å²) in [5.74, 6) is 1.96. The second-order valence-electron chi connectivity index (χ2n) is 6.30. The molecule has 0 spiro atoms. The van der Waals surface area contributed by atoms with Crippen LogP contribution in [0.3, 0.4) is 0 Å². The molecule has 2 saturated heterocycles. The van der Waals surface area contributed by atoms with E-state index in [1.807, 2.05) is 7.05 Å². The lowest BCUT2D eigenvalue weighted by molar-refractivity contribution is 0.0372. The SMILES string of the molecule is CN=C(NCCCCN1CCOCC1)N1CCC(C)CC1.I. The van der Waals surface area contributed by atoms with Gasteiger partial charge in [-0.3, -0.25) is 9.89 Å². The van der Waals surface area contributed by atoms with Crippen molar-refractivity contribution in [3.05, 3.63) is 0 Å². The first-order chi connectivity index (χ1) is 10.3. The van der Waals surface area contributed by atoms with Gasteiger partial charge in [0.2, 0.25) is 0 Å². The third-order valence-corrected chi connectivity index (χ3v) is 4.58. The standard InChI is InChI=1S/C16H32N4O.HI/c1-15-5-9-20(10-6-15)16(17-2)18-7-3-4-8-19-11-13-21-14-12-19;/h15H,3-14H2,1-2H3,(H,17,18);1H. The summed E-state index contributed by atoms with van der Waals surface area (Å²) in [6, 6.07) is 0. The molecule has 130 valence electrons. The van der Waals surface area contributed by atoms with Crippen LogP contribution in [-0.2, 0) is 4.74 Å². The van der Waals surface area contributed by atoms with Crippen LogP contribution < -0.4 is 5.32 Å². The molecule has 22 heavy (non-hydrogen) atoms. The van der Waals surface area contributed by atoms with Crippen LogP contribution in [0, 0.1) is 5.92 Å². The number of rotatable bonds is 5. The molecule has 2 aliphatic heterocycles. The summed E-state index contributed by atoms with van der Waals surface area (Å²) < 4.78 is 5.37. The van der Waals surface area contributed by atoms with Crippen LogP contribution in [0.25, 0.3) is 0 Å². The van der Waals surface area contributed by atoms with Crippen molar-refractivity contribution in [1.82, 2.24) is 15.1 Å². The van der Waals surface area contributed by atoms with Crippen LogP contribution in [0.2, 0.25) is 0 Å². The minimum atomic E-state index is 0. The van der Waals surface area contributed by atoms with Gasteiger partial charge in [-0.05, 0) is 38.1 Å². The first kappa shape index (κ1) is 20.0. The molecular formula is C16H33IN4O. The third kappa shape index (κ3) is 7.00. The van der Waals surface area contributed by atoms with Gasteiger partial charge in [0.15, 0.2) is 5.96 Å². The number of ether oxygens (including phenoxy) is 1. The van der Waals surface area contributed by atoms with Gasteiger partial charge in [0.05, 0.1) is 13.2 Å². The summed E-state index contributed by atoms with van der Waals surface area (Å²) in [4.78, 5) is 9.34. The summed E-state index contributed by atoms with van der Waals surface area (Å²) in [6.07, 6.45) is 5.04. The van der Waals surface area contributed by atoms with E-state index < -0.39 is 0 Å². The van der Waals surface area contributed by atoms with E-state index in [9.17, 15) is 0 Å². The Bertz CT molecular complexity index is 313. The molecule has 0 atom stereocenters. The molecule has 0 aromatic heterocycles.